The van der Waals surface area contributed by atoms with Crippen molar-refractivity contribution in [2.75, 3.05) is 16.3 Å². The number of aromatic nitrogens is 4. The van der Waals surface area contributed by atoms with E-state index in [1.807, 2.05) is 54.6 Å². The quantitative estimate of drug-likeness (QED) is 0.353. The van der Waals surface area contributed by atoms with Gasteiger partial charge in [0.25, 0.3) is 0 Å². The molecule has 0 fully saturated rings. The Hall–Kier alpha value is -3.21. The van der Waals surface area contributed by atoms with Gasteiger partial charge < -0.3 is 4.72 Å². The maximum Gasteiger partial charge on any atom is 0.229 e. The van der Waals surface area contributed by atoms with Crippen LogP contribution in [0.25, 0.3) is 31.9 Å². The number of fused-ring (bicyclic) bond motifs is 1. The Kier molecular flexibility index (Phi) is 5.41. The Morgan fingerprint density at radius 1 is 1.00 bits per heavy atom. The van der Waals surface area contributed by atoms with Crippen molar-refractivity contribution >= 4 is 60.6 Å². The molecule has 7 nitrogen and oxygen atoms in total. The molecule has 5 rings (SSSR count). The van der Waals surface area contributed by atoms with Crippen LogP contribution in [-0.2, 0) is 11.0 Å². The largest absolute Gasteiger partial charge is 0.305 e. The number of hydrogen-bond acceptors (Lipinski definition) is 8. The highest BCUT2D eigenvalue weighted by molar-refractivity contribution is 7.85. The number of thiophene rings is 1. The van der Waals surface area contributed by atoms with E-state index in [2.05, 4.69) is 30.6 Å². The lowest BCUT2D eigenvalue weighted by atomic mass is 10.1. The smallest absolute Gasteiger partial charge is 0.229 e. The normalized spacial score (nSPS) is 12.0. The lowest BCUT2D eigenvalue weighted by molar-refractivity contribution is 0.690. The van der Waals surface area contributed by atoms with Crippen LogP contribution in [0.1, 0.15) is 0 Å². The average Bonchev–Trinajstić information content (AvgIpc) is 3.41. The molecule has 0 saturated heterocycles. The van der Waals surface area contributed by atoms with Gasteiger partial charge in [-0.15, -0.1) is 21.5 Å². The third-order valence-electron chi connectivity index (χ3n) is 4.41. The lowest BCUT2D eigenvalue weighted by Crippen LogP contribution is -2.00. The molecule has 2 aromatic carbocycles. The van der Waals surface area contributed by atoms with Crippen molar-refractivity contribution in [2.45, 2.75) is 0 Å². The number of nitrogens with zero attached hydrogens (tertiary/aromatic N) is 4. The molecule has 0 radical (unpaired) electrons. The molecule has 31 heavy (non-hydrogen) atoms. The first-order valence-electron chi connectivity index (χ1n) is 9.26. The minimum atomic E-state index is -1.13. The Labute approximate surface area is 188 Å². The first kappa shape index (κ1) is 19.7. The summed E-state index contributed by atoms with van der Waals surface area (Å²) in [5.41, 5.74) is 4.66. The van der Waals surface area contributed by atoms with Crippen LogP contribution in [0.15, 0.2) is 66.2 Å². The summed E-state index contributed by atoms with van der Waals surface area (Å²) in [5, 5.41) is 15.2. The third kappa shape index (κ3) is 4.31. The lowest BCUT2D eigenvalue weighted by Gasteiger charge is -2.06. The number of nitrogens with one attached hydrogen (secondary N) is 2. The van der Waals surface area contributed by atoms with E-state index < -0.39 is 11.0 Å². The van der Waals surface area contributed by atoms with Crippen LogP contribution in [0.3, 0.4) is 0 Å². The summed E-state index contributed by atoms with van der Waals surface area (Å²) in [7, 11) is -1.13. The van der Waals surface area contributed by atoms with E-state index in [4.69, 9.17) is 4.98 Å². The minimum absolute atomic E-state index is 0.465. The van der Waals surface area contributed by atoms with E-state index in [9.17, 15) is 4.21 Å². The van der Waals surface area contributed by atoms with Crippen molar-refractivity contribution in [1.29, 1.82) is 0 Å². The second kappa shape index (κ2) is 8.50. The topological polar surface area (TPSA) is 92.7 Å². The zero-order valence-corrected chi connectivity index (χ0v) is 18.7. The van der Waals surface area contributed by atoms with Crippen LogP contribution in [0.5, 0.6) is 0 Å². The highest BCUT2D eigenvalue weighted by Crippen LogP contribution is 2.34. The molecule has 10 heteroatoms. The molecular weight excluding hydrogens is 448 g/mol. The van der Waals surface area contributed by atoms with Crippen LogP contribution in [0.2, 0.25) is 0 Å². The Bertz CT molecular complexity index is 1380. The van der Waals surface area contributed by atoms with Crippen LogP contribution in [-0.4, -0.2) is 30.6 Å². The fourth-order valence-corrected chi connectivity index (χ4v) is 5.15. The van der Waals surface area contributed by atoms with Crippen molar-refractivity contribution in [2.24, 2.45) is 0 Å². The average molecular weight is 465 g/mol. The van der Waals surface area contributed by atoms with Crippen molar-refractivity contribution < 1.29 is 4.21 Å². The Morgan fingerprint density at radius 3 is 2.68 bits per heavy atom. The molecule has 0 bridgehead atoms. The number of benzene rings is 2. The molecule has 5 aromatic rings. The van der Waals surface area contributed by atoms with Gasteiger partial charge in [0.15, 0.2) is 0 Å². The molecule has 3 heterocycles. The van der Waals surface area contributed by atoms with E-state index in [-0.39, 0.29) is 0 Å². The van der Waals surface area contributed by atoms with Crippen LogP contribution in [0.4, 0.5) is 16.8 Å². The van der Waals surface area contributed by atoms with E-state index in [0.717, 1.165) is 37.6 Å². The van der Waals surface area contributed by atoms with Crippen molar-refractivity contribution in [1.82, 2.24) is 20.2 Å². The van der Waals surface area contributed by atoms with Crippen molar-refractivity contribution in [3.8, 4) is 21.7 Å². The van der Waals surface area contributed by atoms with Gasteiger partial charge in [-0.05, 0) is 17.7 Å². The van der Waals surface area contributed by atoms with Gasteiger partial charge in [0, 0.05) is 28.5 Å². The molecule has 3 aromatic heterocycles. The molecule has 0 saturated carbocycles. The second-order valence-electron chi connectivity index (χ2n) is 6.60. The number of anilines is 3. The fourth-order valence-electron chi connectivity index (χ4n) is 3.08. The summed E-state index contributed by atoms with van der Waals surface area (Å²) in [6.07, 6.45) is 3.41. The summed E-state index contributed by atoms with van der Waals surface area (Å²) in [4.78, 5) is 9.15. The van der Waals surface area contributed by atoms with E-state index >= 15 is 0 Å². The van der Waals surface area contributed by atoms with Gasteiger partial charge in [0.05, 0.1) is 16.4 Å². The van der Waals surface area contributed by atoms with Crippen LogP contribution >= 0.6 is 22.7 Å². The third-order valence-corrected chi connectivity index (χ3v) is 6.73. The highest BCUT2D eigenvalue weighted by atomic mass is 32.2. The monoisotopic (exact) mass is 464 g/mol. The molecule has 0 amide bonds. The predicted octanol–water partition coefficient (Wildman–Crippen LogP) is 5.33. The van der Waals surface area contributed by atoms with Crippen molar-refractivity contribution in [3.63, 3.8) is 0 Å². The first-order valence-corrected chi connectivity index (χ1v) is 12.5. The summed E-state index contributed by atoms with van der Waals surface area (Å²) in [5.74, 6) is 0.465. The molecule has 0 aliphatic heterocycles. The van der Waals surface area contributed by atoms with Crippen LogP contribution < -0.4 is 10.0 Å². The summed E-state index contributed by atoms with van der Waals surface area (Å²) in [6, 6.07) is 17.7. The summed E-state index contributed by atoms with van der Waals surface area (Å²) in [6.45, 7) is 0. The maximum absolute atomic E-state index is 11.5. The highest BCUT2D eigenvalue weighted by Gasteiger charge is 2.12. The summed E-state index contributed by atoms with van der Waals surface area (Å²) >= 11 is 3.04. The van der Waals surface area contributed by atoms with Gasteiger partial charge in [0.2, 0.25) is 11.1 Å². The molecule has 1 unspecified atom stereocenters. The van der Waals surface area contributed by atoms with Gasteiger partial charge in [-0.2, -0.15) is 0 Å². The maximum atomic E-state index is 11.5. The number of rotatable bonds is 6. The SMILES string of the molecule is CS(=O)Nc1cccc(-c2csc3cnc(Nc4nnc(-c5ccccc5)s4)nc23)c1. The Balaban J connectivity index is 1.45. The van der Waals surface area contributed by atoms with Gasteiger partial charge in [-0.3, -0.25) is 5.32 Å². The zero-order chi connectivity index (χ0) is 21.2. The molecule has 2 N–H and O–H groups in total. The zero-order valence-electron chi connectivity index (χ0n) is 16.3. The standard InChI is InChI=1S/C21H16N6OS3/c1-31(28)27-15-9-5-8-14(10-15)16-12-29-17-11-22-20(23-18(16)17)24-21-26-25-19(30-21)13-6-3-2-4-7-13/h2-12,27H,1H3,(H,22,23,24,26). The fraction of sp³-hybridized carbons (Fsp3) is 0.0476. The van der Waals surface area contributed by atoms with Gasteiger partial charge >= 0.3 is 0 Å². The minimum Gasteiger partial charge on any atom is -0.305 e. The number of hydrogen-bond donors (Lipinski definition) is 2. The van der Waals surface area contributed by atoms with Gasteiger partial charge in [0.1, 0.15) is 16.0 Å². The van der Waals surface area contributed by atoms with Gasteiger partial charge in [-0.1, -0.05) is 53.8 Å². The molecule has 154 valence electrons. The van der Waals surface area contributed by atoms with E-state index in [1.54, 1.807) is 23.8 Å². The van der Waals surface area contributed by atoms with E-state index in [1.165, 1.54) is 11.3 Å². The molecule has 0 aliphatic carbocycles. The first-order chi connectivity index (χ1) is 15.2. The summed E-state index contributed by atoms with van der Waals surface area (Å²) < 4.78 is 15.4. The van der Waals surface area contributed by atoms with E-state index in [0.29, 0.717) is 11.1 Å². The molecule has 1 atom stereocenters. The molecule has 0 aliphatic rings. The Morgan fingerprint density at radius 2 is 1.84 bits per heavy atom. The van der Waals surface area contributed by atoms with Crippen LogP contribution in [0, 0.1) is 0 Å². The predicted molar refractivity (Wildman–Crippen MR) is 129 cm³/mol. The second-order valence-corrected chi connectivity index (χ2v) is 9.60. The molecule has 0 spiro atoms. The van der Waals surface area contributed by atoms with Gasteiger partial charge in [-0.25, -0.2) is 14.2 Å². The molecular formula is C21H16N6OS3. The van der Waals surface area contributed by atoms with Crippen molar-refractivity contribution in [3.05, 3.63) is 66.2 Å².